The van der Waals surface area contributed by atoms with Gasteiger partial charge in [0, 0.05) is 23.5 Å². The van der Waals surface area contributed by atoms with E-state index < -0.39 is 0 Å². The molecule has 19 heavy (non-hydrogen) atoms. The summed E-state index contributed by atoms with van der Waals surface area (Å²) < 4.78 is 0. The minimum absolute atomic E-state index is 0.0731. The largest absolute Gasteiger partial charge is 0.297 e. The lowest BCUT2D eigenvalue weighted by atomic mass is 9.92. The second-order valence-corrected chi connectivity index (χ2v) is 6.49. The third kappa shape index (κ3) is 3.24. The maximum absolute atomic E-state index is 11.4. The number of carbonyl (C=O) groups is 1. The molecule has 0 spiro atoms. The number of carbonyl (C=O) groups excluding carboxylic acids is 1. The van der Waals surface area contributed by atoms with Gasteiger partial charge in [-0.2, -0.15) is 4.99 Å². The van der Waals surface area contributed by atoms with Crippen molar-refractivity contribution in [2.45, 2.75) is 57.3 Å². The Labute approximate surface area is 117 Å². The molecule has 1 saturated carbocycles. The fourth-order valence-corrected chi connectivity index (χ4v) is 3.90. The Morgan fingerprint density at radius 3 is 2.53 bits per heavy atom. The summed E-state index contributed by atoms with van der Waals surface area (Å²) in [7, 11) is 0. The smallest absolute Gasteiger partial charge is 0.253 e. The topological polar surface area (TPSA) is 65.8 Å². The van der Waals surface area contributed by atoms with Crippen molar-refractivity contribution in [2.75, 3.05) is 5.75 Å². The number of nitrogens with zero attached hydrogens (tertiary/aromatic N) is 2. The maximum atomic E-state index is 11.4. The Morgan fingerprint density at radius 2 is 1.89 bits per heavy atom. The van der Waals surface area contributed by atoms with E-state index in [1.54, 1.807) is 11.8 Å². The van der Waals surface area contributed by atoms with Gasteiger partial charge in [-0.1, -0.05) is 24.6 Å². The first kappa shape index (κ1) is 13.3. The molecule has 1 saturated heterocycles. The first-order valence-corrected chi connectivity index (χ1v) is 8.00. The number of thioether (sulfide) groups is 1. The molecule has 2 aliphatic heterocycles. The molecule has 0 aromatic heterocycles. The molecule has 3 aliphatic rings. The Kier molecular flexibility index (Phi) is 4.00. The zero-order valence-corrected chi connectivity index (χ0v) is 12.0. The number of rotatable bonds is 2. The van der Waals surface area contributed by atoms with Gasteiger partial charge in [0.2, 0.25) is 0 Å². The monoisotopic (exact) mass is 280 g/mol. The summed E-state index contributed by atoms with van der Waals surface area (Å²) in [5.41, 5.74) is 0.864. The molecule has 2 heterocycles. The minimum atomic E-state index is -0.0731. The predicted molar refractivity (Wildman–Crippen MR) is 78.7 cm³/mol. The Balaban J connectivity index is 1.52. The Morgan fingerprint density at radius 1 is 1.21 bits per heavy atom. The van der Waals surface area contributed by atoms with Gasteiger partial charge in [-0.15, -0.1) is 0 Å². The first-order chi connectivity index (χ1) is 9.20. The van der Waals surface area contributed by atoms with E-state index >= 15 is 0 Å². The van der Waals surface area contributed by atoms with Crippen LogP contribution < -0.4 is 10.6 Å². The lowest BCUT2D eigenvalue weighted by Crippen LogP contribution is -2.36. The van der Waals surface area contributed by atoms with Crippen molar-refractivity contribution in [1.29, 1.82) is 0 Å². The number of amides is 1. The quantitative estimate of drug-likeness (QED) is 0.800. The number of hydrogen-bond acceptors (Lipinski definition) is 5. The summed E-state index contributed by atoms with van der Waals surface area (Å²) in [5, 5.41) is 7.89. The molecule has 2 atom stereocenters. The molecular weight excluding hydrogens is 260 g/mol. The fourth-order valence-electron chi connectivity index (χ4n) is 3.01. The highest BCUT2D eigenvalue weighted by atomic mass is 32.2. The molecule has 3 rings (SSSR count). The summed E-state index contributed by atoms with van der Waals surface area (Å²) in [6, 6.07) is 1.25. The molecule has 0 aromatic rings. The van der Waals surface area contributed by atoms with Crippen LogP contribution in [0.25, 0.3) is 0 Å². The zero-order chi connectivity index (χ0) is 13.2. The molecule has 0 aromatic carbocycles. The van der Waals surface area contributed by atoms with Crippen LogP contribution in [0.15, 0.2) is 9.98 Å². The van der Waals surface area contributed by atoms with Crippen LogP contribution in [0.5, 0.6) is 0 Å². The van der Waals surface area contributed by atoms with Crippen LogP contribution in [0.1, 0.15) is 39.0 Å². The second-order valence-electron chi connectivity index (χ2n) is 5.51. The van der Waals surface area contributed by atoms with E-state index in [9.17, 15) is 4.79 Å². The number of fused-ring (bicyclic) bond motifs is 1. The molecule has 0 radical (unpaired) electrons. The molecule has 5 nitrogen and oxygen atoms in total. The van der Waals surface area contributed by atoms with Crippen molar-refractivity contribution in [2.24, 2.45) is 9.98 Å². The van der Waals surface area contributed by atoms with E-state index in [0.717, 1.165) is 11.5 Å². The number of aliphatic imine (C=N–C) groups is 2. The van der Waals surface area contributed by atoms with Crippen molar-refractivity contribution >= 4 is 28.5 Å². The normalized spacial score (nSPS) is 34.8. The highest BCUT2D eigenvalue weighted by Gasteiger charge is 2.34. The lowest BCUT2D eigenvalue weighted by Gasteiger charge is -2.23. The van der Waals surface area contributed by atoms with Crippen molar-refractivity contribution < 1.29 is 4.79 Å². The average molecular weight is 280 g/mol. The van der Waals surface area contributed by atoms with Gasteiger partial charge in [0.05, 0.1) is 12.6 Å². The van der Waals surface area contributed by atoms with Crippen molar-refractivity contribution in [3.8, 4) is 0 Å². The summed E-state index contributed by atoms with van der Waals surface area (Å²) in [4.78, 5) is 19.7. The van der Waals surface area contributed by atoms with Crippen molar-refractivity contribution in [1.82, 2.24) is 10.6 Å². The number of hydrogen-bond donors (Lipinski definition) is 2. The van der Waals surface area contributed by atoms with Crippen LogP contribution in [-0.2, 0) is 4.79 Å². The molecule has 1 aliphatic carbocycles. The zero-order valence-electron chi connectivity index (χ0n) is 11.2. The van der Waals surface area contributed by atoms with Crippen LogP contribution in [0.3, 0.4) is 0 Å². The van der Waals surface area contributed by atoms with E-state index in [1.165, 1.54) is 25.7 Å². The third-order valence-corrected chi connectivity index (χ3v) is 4.83. The van der Waals surface area contributed by atoms with Crippen molar-refractivity contribution in [3.63, 3.8) is 0 Å². The third-order valence-electron chi connectivity index (χ3n) is 3.89. The van der Waals surface area contributed by atoms with Gasteiger partial charge in [-0.25, -0.2) is 4.99 Å². The molecule has 104 valence electrons. The summed E-state index contributed by atoms with van der Waals surface area (Å²) in [6.07, 6.45) is 5.90. The van der Waals surface area contributed by atoms with Crippen LogP contribution in [0, 0.1) is 0 Å². The Bertz CT molecular complexity index is 420. The van der Waals surface area contributed by atoms with Crippen LogP contribution >= 0.6 is 11.8 Å². The predicted octanol–water partition coefficient (Wildman–Crippen LogP) is 1.30. The van der Waals surface area contributed by atoms with Gasteiger partial charge in [0.1, 0.15) is 0 Å². The maximum Gasteiger partial charge on any atom is 0.253 e. The van der Waals surface area contributed by atoms with Crippen molar-refractivity contribution in [3.05, 3.63) is 0 Å². The Hall–Kier alpha value is -0.720. The number of amidine groups is 1. The molecule has 0 bridgehead atoms. The molecule has 2 fully saturated rings. The van der Waals surface area contributed by atoms with Gasteiger partial charge < -0.3 is 0 Å². The van der Waals surface area contributed by atoms with Gasteiger partial charge in [-0.3, -0.25) is 15.4 Å². The van der Waals surface area contributed by atoms with Gasteiger partial charge in [0.15, 0.2) is 5.17 Å². The van der Waals surface area contributed by atoms with E-state index in [1.807, 2.05) is 6.92 Å². The molecule has 2 N–H and O–H groups in total. The highest BCUT2D eigenvalue weighted by molar-refractivity contribution is 8.14. The van der Waals surface area contributed by atoms with Crippen LogP contribution in [0.2, 0.25) is 0 Å². The van der Waals surface area contributed by atoms with Gasteiger partial charge in [-0.05, 0) is 19.8 Å². The average Bonchev–Trinajstić information content (AvgIpc) is 2.78. The SMILES string of the molecule is CC1=NC(SCC2NC3CCCCC3N2)=NC(=O)C1. The number of nitrogens with one attached hydrogen (secondary N) is 2. The summed E-state index contributed by atoms with van der Waals surface area (Å²) >= 11 is 1.56. The lowest BCUT2D eigenvalue weighted by molar-refractivity contribution is -0.116. The standard InChI is InChI=1S/C13H20N4OS/c1-8-6-12(18)17-13(14-8)19-7-11-15-9-4-2-3-5-10(9)16-11/h9-11,15-16H,2-7H2,1H3. The van der Waals surface area contributed by atoms with E-state index in [0.29, 0.717) is 29.8 Å². The van der Waals surface area contributed by atoms with Crippen LogP contribution in [-0.4, -0.2) is 40.8 Å². The van der Waals surface area contributed by atoms with E-state index in [2.05, 4.69) is 20.6 Å². The minimum Gasteiger partial charge on any atom is -0.297 e. The molecule has 6 heteroatoms. The van der Waals surface area contributed by atoms with E-state index in [-0.39, 0.29) is 5.91 Å². The van der Waals surface area contributed by atoms with E-state index in [4.69, 9.17) is 0 Å². The summed E-state index contributed by atoms with van der Waals surface area (Å²) in [5.74, 6) is 0.798. The van der Waals surface area contributed by atoms with Gasteiger partial charge >= 0.3 is 0 Å². The molecule has 1 amide bonds. The fraction of sp³-hybridized carbons (Fsp3) is 0.769. The second kappa shape index (κ2) is 5.73. The summed E-state index contributed by atoms with van der Waals surface area (Å²) in [6.45, 7) is 1.88. The molecular formula is C13H20N4OS. The molecule has 2 unspecified atom stereocenters. The van der Waals surface area contributed by atoms with Gasteiger partial charge in [0.25, 0.3) is 5.91 Å². The first-order valence-electron chi connectivity index (χ1n) is 7.01. The van der Waals surface area contributed by atoms with Crippen LogP contribution in [0.4, 0.5) is 0 Å². The highest BCUT2D eigenvalue weighted by Crippen LogP contribution is 2.24.